The molecular formula is C22H26F2N4O2. The van der Waals surface area contributed by atoms with Crippen LogP contribution in [0.4, 0.5) is 8.78 Å². The van der Waals surface area contributed by atoms with E-state index < -0.39 is 0 Å². The highest BCUT2D eigenvalue weighted by atomic mass is 19.1. The maximum Gasteiger partial charge on any atom is 0.241 e. The van der Waals surface area contributed by atoms with Crippen molar-refractivity contribution < 1.29 is 18.3 Å². The zero-order chi connectivity index (χ0) is 21.1. The van der Waals surface area contributed by atoms with Crippen molar-refractivity contribution in [2.75, 3.05) is 33.3 Å². The number of methoxy groups -OCH3 is 1. The van der Waals surface area contributed by atoms with Crippen molar-refractivity contribution in [3.05, 3.63) is 65.2 Å². The Morgan fingerprint density at radius 2 is 1.80 bits per heavy atom. The number of amides is 1. The second kappa shape index (κ2) is 9.07. The van der Waals surface area contributed by atoms with E-state index in [-0.39, 0.29) is 35.4 Å². The van der Waals surface area contributed by atoms with Crippen molar-refractivity contribution in [1.29, 1.82) is 0 Å². The zero-order valence-corrected chi connectivity index (χ0v) is 16.9. The van der Waals surface area contributed by atoms with Gasteiger partial charge in [0.2, 0.25) is 5.91 Å². The number of carbonyl (C=O) groups excluding carboxylic acids is 1. The fourth-order valence-corrected chi connectivity index (χ4v) is 4.04. The molecule has 30 heavy (non-hydrogen) atoms. The Balaban J connectivity index is 1.27. The molecule has 2 atom stereocenters. The molecule has 160 valence electrons. The third-order valence-corrected chi connectivity index (χ3v) is 5.78. The van der Waals surface area contributed by atoms with Gasteiger partial charge in [0.1, 0.15) is 11.9 Å². The van der Waals surface area contributed by atoms with Crippen LogP contribution in [-0.2, 0) is 11.3 Å². The molecule has 2 aromatic rings. The smallest absolute Gasteiger partial charge is 0.241 e. The summed E-state index contributed by atoms with van der Waals surface area (Å²) in [6, 6.07) is 11.0. The number of piperazine rings is 1. The number of halogens is 2. The number of hydrogen-bond donors (Lipinski definition) is 2. The lowest BCUT2D eigenvalue weighted by Gasteiger charge is -2.35. The number of ether oxygens (including phenoxy) is 1. The van der Waals surface area contributed by atoms with E-state index in [4.69, 9.17) is 4.74 Å². The Kier molecular flexibility index (Phi) is 6.26. The van der Waals surface area contributed by atoms with Crippen LogP contribution in [0.2, 0.25) is 0 Å². The second-order valence-electron chi connectivity index (χ2n) is 7.75. The third kappa shape index (κ3) is 4.61. The Morgan fingerprint density at radius 1 is 1.07 bits per heavy atom. The monoisotopic (exact) mass is 416 g/mol. The van der Waals surface area contributed by atoms with Gasteiger partial charge < -0.3 is 9.64 Å². The molecule has 2 saturated heterocycles. The first-order valence-corrected chi connectivity index (χ1v) is 10.1. The standard InChI is InChI=1S/C22H26F2N4O2/c1-30-21-7-2-15(12-18(21)24)14-27-8-10-28(11-9-27)22(29)20-13-19(25-26-20)16-3-5-17(23)6-4-16/h2-7,12,19-20,25-26H,8-11,13-14H2,1H3. The topological polar surface area (TPSA) is 56.8 Å². The van der Waals surface area contributed by atoms with Gasteiger partial charge in [-0.2, -0.15) is 0 Å². The van der Waals surface area contributed by atoms with Crippen molar-refractivity contribution in [3.63, 3.8) is 0 Å². The largest absolute Gasteiger partial charge is 0.494 e. The van der Waals surface area contributed by atoms with Crippen LogP contribution in [0.3, 0.4) is 0 Å². The van der Waals surface area contributed by atoms with Crippen LogP contribution >= 0.6 is 0 Å². The zero-order valence-electron chi connectivity index (χ0n) is 16.9. The van der Waals surface area contributed by atoms with Gasteiger partial charge in [0, 0.05) is 38.8 Å². The molecular weight excluding hydrogens is 390 g/mol. The number of carbonyl (C=O) groups is 1. The Hall–Kier alpha value is -2.55. The van der Waals surface area contributed by atoms with Crippen LogP contribution in [0, 0.1) is 11.6 Å². The predicted molar refractivity (Wildman–Crippen MR) is 109 cm³/mol. The quantitative estimate of drug-likeness (QED) is 0.783. The van der Waals surface area contributed by atoms with E-state index in [9.17, 15) is 13.6 Å². The highest BCUT2D eigenvalue weighted by Gasteiger charge is 2.34. The normalized spacial score (nSPS) is 22.3. The Morgan fingerprint density at radius 3 is 2.47 bits per heavy atom. The predicted octanol–water partition coefficient (Wildman–Crippen LogP) is 2.23. The van der Waals surface area contributed by atoms with Gasteiger partial charge in [-0.1, -0.05) is 18.2 Å². The van der Waals surface area contributed by atoms with E-state index >= 15 is 0 Å². The number of benzene rings is 2. The summed E-state index contributed by atoms with van der Waals surface area (Å²) >= 11 is 0. The molecule has 1 amide bonds. The minimum atomic E-state index is -0.362. The van der Waals surface area contributed by atoms with Gasteiger partial charge in [-0.3, -0.25) is 9.69 Å². The Labute approximate surface area is 174 Å². The number of nitrogens with one attached hydrogen (secondary N) is 2. The summed E-state index contributed by atoms with van der Waals surface area (Å²) in [7, 11) is 1.45. The average Bonchev–Trinajstić information content (AvgIpc) is 3.25. The molecule has 6 nitrogen and oxygen atoms in total. The molecule has 2 aliphatic rings. The molecule has 2 aromatic carbocycles. The van der Waals surface area contributed by atoms with E-state index in [1.165, 1.54) is 25.3 Å². The van der Waals surface area contributed by atoms with Gasteiger partial charge >= 0.3 is 0 Å². The molecule has 8 heteroatoms. The van der Waals surface area contributed by atoms with Crippen molar-refractivity contribution >= 4 is 5.91 Å². The highest BCUT2D eigenvalue weighted by molar-refractivity contribution is 5.82. The first-order chi connectivity index (χ1) is 14.5. The maximum absolute atomic E-state index is 13.9. The summed E-state index contributed by atoms with van der Waals surface area (Å²) in [5, 5.41) is 0. The van der Waals surface area contributed by atoms with Crippen molar-refractivity contribution in [3.8, 4) is 5.75 Å². The van der Waals surface area contributed by atoms with Crippen molar-refractivity contribution in [2.45, 2.75) is 25.0 Å². The maximum atomic E-state index is 13.9. The molecule has 2 N–H and O–H groups in total. The first-order valence-electron chi connectivity index (χ1n) is 10.1. The van der Waals surface area contributed by atoms with Gasteiger partial charge in [-0.05, 0) is 41.8 Å². The lowest BCUT2D eigenvalue weighted by atomic mass is 10.0. The number of rotatable bonds is 5. The molecule has 2 aliphatic heterocycles. The van der Waals surface area contributed by atoms with Crippen LogP contribution in [0.25, 0.3) is 0 Å². The van der Waals surface area contributed by atoms with Crippen LogP contribution in [0.15, 0.2) is 42.5 Å². The average molecular weight is 416 g/mol. The summed E-state index contributed by atoms with van der Waals surface area (Å²) in [4.78, 5) is 17.0. The summed E-state index contributed by atoms with van der Waals surface area (Å²) in [6.45, 7) is 3.38. The van der Waals surface area contributed by atoms with Gasteiger partial charge in [0.15, 0.2) is 11.6 Å². The van der Waals surface area contributed by atoms with Crippen molar-refractivity contribution in [1.82, 2.24) is 20.7 Å². The van der Waals surface area contributed by atoms with Crippen LogP contribution < -0.4 is 15.6 Å². The van der Waals surface area contributed by atoms with E-state index in [1.807, 2.05) is 11.0 Å². The van der Waals surface area contributed by atoms with Gasteiger partial charge in [0.25, 0.3) is 0 Å². The number of hydrogen-bond acceptors (Lipinski definition) is 5. The highest BCUT2D eigenvalue weighted by Crippen LogP contribution is 2.24. The minimum absolute atomic E-state index is 0.0224. The summed E-state index contributed by atoms with van der Waals surface area (Å²) < 4.78 is 32.0. The van der Waals surface area contributed by atoms with E-state index in [0.717, 1.165) is 24.2 Å². The van der Waals surface area contributed by atoms with Crippen LogP contribution in [-0.4, -0.2) is 55.0 Å². The fraction of sp³-hybridized carbons (Fsp3) is 0.409. The lowest BCUT2D eigenvalue weighted by Crippen LogP contribution is -2.53. The van der Waals surface area contributed by atoms with Gasteiger partial charge in [-0.25, -0.2) is 19.6 Å². The van der Waals surface area contributed by atoms with Crippen molar-refractivity contribution in [2.24, 2.45) is 0 Å². The van der Waals surface area contributed by atoms with Gasteiger partial charge in [0.05, 0.1) is 7.11 Å². The fourth-order valence-electron chi connectivity index (χ4n) is 4.04. The third-order valence-electron chi connectivity index (χ3n) is 5.78. The van der Waals surface area contributed by atoms with E-state index in [2.05, 4.69) is 15.8 Å². The van der Waals surface area contributed by atoms with Gasteiger partial charge in [-0.15, -0.1) is 0 Å². The van der Waals surface area contributed by atoms with Crippen LogP contribution in [0.1, 0.15) is 23.6 Å². The molecule has 0 bridgehead atoms. The van der Waals surface area contributed by atoms with E-state index in [1.54, 1.807) is 18.2 Å². The molecule has 2 fully saturated rings. The molecule has 0 saturated carbocycles. The summed E-state index contributed by atoms with van der Waals surface area (Å²) in [5.41, 5.74) is 8.07. The summed E-state index contributed by atoms with van der Waals surface area (Å²) in [6.07, 6.45) is 0.621. The number of nitrogens with zero attached hydrogens (tertiary/aromatic N) is 2. The Bertz CT molecular complexity index is 885. The summed E-state index contributed by atoms with van der Waals surface area (Å²) in [5.74, 6) is -0.319. The minimum Gasteiger partial charge on any atom is -0.494 e. The molecule has 0 radical (unpaired) electrons. The first kappa shape index (κ1) is 20.7. The van der Waals surface area contributed by atoms with Crippen LogP contribution in [0.5, 0.6) is 5.75 Å². The number of hydrazine groups is 1. The molecule has 0 aliphatic carbocycles. The molecule has 2 unspecified atom stereocenters. The second-order valence-corrected chi connectivity index (χ2v) is 7.75. The molecule has 0 spiro atoms. The van der Waals surface area contributed by atoms with E-state index in [0.29, 0.717) is 26.1 Å². The molecule has 4 rings (SSSR count). The lowest BCUT2D eigenvalue weighted by molar-refractivity contribution is -0.135. The SMILES string of the molecule is COc1ccc(CN2CCN(C(=O)C3CC(c4ccc(F)cc4)NN3)CC2)cc1F. The molecule has 2 heterocycles. The molecule has 0 aromatic heterocycles.